The number of nitrogens with one attached hydrogen (secondary N) is 3. The number of ether oxygens (including phenoxy) is 8. The van der Waals surface area contributed by atoms with Crippen LogP contribution in [0.3, 0.4) is 0 Å². The van der Waals surface area contributed by atoms with E-state index in [1.807, 2.05) is 16.9 Å². The Hall–Kier alpha value is -9.58. The highest BCUT2D eigenvalue weighted by Crippen LogP contribution is 2.57. The third kappa shape index (κ3) is 22.1. The molecule has 3 aliphatic heterocycles. The maximum absolute atomic E-state index is 16.0. The van der Waals surface area contributed by atoms with Crippen LogP contribution in [0.25, 0.3) is 0 Å². The van der Waals surface area contributed by atoms with Gasteiger partial charge >= 0.3 is 74.1 Å². The molecule has 0 saturated heterocycles. The Bertz CT molecular complexity index is 4660. The molecule has 0 bridgehead atoms. The van der Waals surface area contributed by atoms with Crippen LogP contribution in [0.4, 0.5) is 137 Å². The van der Waals surface area contributed by atoms with Crippen LogP contribution < -0.4 is 58.7 Å². The van der Waals surface area contributed by atoms with Gasteiger partial charge in [0.25, 0.3) is 23.0 Å². The smallest absolute Gasteiger partial charge is 0.478 e. The van der Waals surface area contributed by atoms with E-state index in [1.54, 1.807) is 18.0 Å². The van der Waals surface area contributed by atoms with Crippen molar-refractivity contribution in [3.63, 3.8) is 0 Å². The van der Waals surface area contributed by atoms with E-state index in [-0.39, 0.29) is 82.6 Å². The fraction of sp³-hybridized carbons (Fsp3) is 0.288. The van der Waals surface area contributed by atoms with Crippen molar-refractivity contribution < 1.29 is 181 Å². The lowest BCUT2D eigenvalue weighted by Gasteiger charge is -2.31. The number of nitrogens with zero attached hydrogens (tertiary/aromatic N) is 1. The van der Waals surface area contributed by atoms with Crippen molar-refractivity contribution in [3.8, 4) is 46.0 Å². The fourth-order valence-corrected chi connectivity index (χ4v) is 11.8. The summed E-state index contributed by atoms with van der Waals surface area (Å²) in [5, 5.41) is 14.3. The van der Waals surface area contributed by atoms with Crippen LogP contribution in [0.15, 0.2) is 124 Å². The topological polar surface area (TPSA) is 219 Å². The highest BCUT2D eigenvalue weighted by molar-refractivity contribution is 9.11. The first-order valence-corrected chi connectivity index (χ1v) is 35.4. The number of carbonyl (C=O) groups excluding carboxylic acids is 4. The second kappa shape index (κ2) is 36.3. The lowest BCUT2D eigenvalue weighted by atomic mass is 9.93. The Kier molecular flexibility index (Phi) is 29.2. The molecule has 7 aromatic carbocycles. The molecule has 0 saturated carbocycles. The van der Waals surface area contributed by atoms with E-state index in [0.29, 0.717) is 18.7 Å². The molecular weight excluding hydrogens is 1830 g/mol. The van der Waals surface area contributed by atoms with Gasteiger partial charge in [-0.25, -0.2) is 22.4 Å². The third-order valence-corrected chi connectivity index (χ3v) is 17.7. The average Bonchev–Trinajstić information content (AvgIpc) is 1.74. The minimum absolute atomic E-state index is 0.00496. The van der Waals surface area contributed by atoms with Gasteiger partial charge in [0.1, 0.15) is 0 Å². The monoisotopic (exact) mass is 1870 g/mol. The van der Waals surface area contributed by atoms with Crippen LogP contribution in [-0.4, -0.2) is 128 Å². The first-order valence-electron chi connectivity index (χ1n) is 30.7. The van der Waals surface area contributed by atoms with Gasteiger partial charge in [0, 0.05) is 44.3 Å². The number of thioether (sulfide) groups is 2. The first-order chi connectivity index (χ1) is 53.1. The lowest BCUT2D eigenvalue weighted by molar-refractivity contribution is -0.349. The van der Waals surface area contributed by atoms with Crippen molar-refractivity contribution in [2.75, 3.05) is 58.0 Å². The molecule has 7 aromatic rings. The van der Waals surface area contributed by atoms with Crippen molar-refractivity contribution in [2.45, 2.75) is 81.0 Å². The Labute approximate surface area is 656 Å². The summed E-state index contributed by atoms with van der Waals surface area (Å²) >= 11 is 13.1. The molecule has 0 fully saturated rings. The van der Waals surface area contributed by atoms with E-state index < -0.39 is 180 Å². The Balaban J connectivity index is 0.000000242. The van der Waals surface area contributed by atoms with E-state index in [0.717, 1.165) is 77.4 Å². The van der Waals surface area contributed by atoms with E-state index in [4.69, 9.17) is 16.7 Å². The van der Waals surface area contributed by atoms with Gasteiger partial charge in [-0.2, -0.15) is 93.8 Å². The zero-order valence-electron chi connectivity index (χ0n) is 56.3. The van der Waals surface area contributed by atoms with Gasteiger partial charge in [-0.3, -0.25) is 19.2 Å². The molecule has 0 aromatic heterocycles. The van der Waals surface area contributed by atoms with E-state index in [2.05, 4.69) is 75.1 Å². The van der Waals surface area contributed by atoms with Crippen molar-refractivity contribution in [1.29, 1.82) is 0 Å². The zero-order valence-corrected chi connectivity index (χ0v) is 61.9. The summed E-state index contributed by atoms with van der Waals surface area (Å²) in [6.45, 7) is -7.57. The molecule has 0 unspecified atom stereocenters. The number of hydrogen-bond donors (Lipinski definition) is 4. The van der Waals surface area contributed by atoms with Crippen molar-refractivity contribution in [1.82, 2.24) is 0 Å². The highest BCUT2D eigenvalue weighted by atomic mass is 79.9. The van der Waals surface area contributed by atoms with Gasteiger partial charge in [0.15, 0.2) is 57.6 Å². The summed E-state index contributed by atoms with van der Waals surface area (Å²) in [4.78, 5) is 61.5. The molecule has 0 spiro atoms. The minimum Gasteiger partial charge on any atom is -0.478 e. The maximum Gasteiger partial charge on any atom is 0.586 e. The lowest BCUT2D eigenvalue weighted by Crippen LogP contribution is -2.50. The van der Waals surface area contributed by atoms with Crippen LogP contribution in [0.2, 0.25) is 0 Å². The van der Waals surface area contributed by atoms with Gasteiger partial charge in [-0.1, -0.05) is 12.1 Å². The average molecular weight is 1870 g/mol. The number of alkyl halides is 24. The normalized spacial score (nSPS) is 14.3. The summed E-state index contributed by atoms with van der Waals surface area (Å²) in [6, 6.07) is 15.6. The Morgan fingerprint density at radius 1 is 0.504 bits per heavy atom. The molecule has 0 radical (unpaired) electrons. The Morgan fingerprint density at radius 3 is 1.26 bits per heavy atom. The number of carbonyl (C=O) groups is 5. The third-order valence-electron chi connectivity index (χ3n) is 14.9. The molecule has 0 aliphatic carbocycles. The molecule has 3 amide bonds. The van der Waals surface area contributed by atoms with Crippen molar-refractivity contribution in [2.24, 2.45) is 0 Å². The number of fused-ring (bicyclic) bond motifs is 3. The van der Waals surface area contributed by atoms with E-state index in [9.17, 15) is 134 Å². The van der Waals surface area contributed by atoms with Gasteiger partial charge in [-0.05, 0) is 183 Å². The van der Waals surface area contributed by atoms with Gasteiger partial charge in [-0.15, -0.1) is 26.3 Å². The summed E-state index contributed by atoms with van der Waals surface area (Å²) in [5.74, 6) is -10.9. The van der Waals surface area contributed by atoms with E-state index in [1.165, 1.54) is 36.0 Å². The van der Waals surface area contributed by atoms with Crippen LogP contribution in [-0.2, 0) is 11.3 Å². The summed E-state index contributed by atoms with van der Waals surface area (Å²) < 4.78 is 379. The Morgan fingerprint density at radius 2 is 0.870 bits per heavy atom. The van der Waals surface area contributed by atoms with Crippen LogP contribution >= 0.6 is 67.0 Å². The molecule has 18 nitrogen and oxygen atoms in total. The number of halogens is 29. The minimum atomic E-state index is -6.63. The SMILES string of the molecule is CSCCCN(C(=O)c1ccc2c(c1)OC(F)(F)O2)c1cccc(C(=O)Nc2c(Br)cc(C(F)(C(F)(F)F)C(F)(F)F)cc2OC(F)F)c1F.CSCCCNc1cccc(C(=O)Nc2c(Br)cc(C(F)(C(F)(F)F)C(F)(F)F)cc2OC(F)F)c1F.O=C(Cl)c1ccc2c(c1)OC(F)(F)O2.O=C(O)c1ccc2c(c1)OC(F)(F)O2. The molecule has 10 rings (SSSR count). The van der Waals surface area contributed by atoms with E-state index >= 15 is 4.39 Å². The number of rotatable bonds is 23. The largest absolute Gasteiger partial charge is 0.586 e. The molecule has 0 atom stereocenters. The number of anilines is 4. The summed E-state index contributed by atoms with van der Waals surface area (Å²) in [5.41, 5.74) is -20.9. The first kappa shape index (κ1) is 92.6. The predicted molar refractivity (Wildman–Crippen MR) is 361 cm³/mol. The number of carboxylic acid groups (broad SMARTS) is 1. The molecule has 626 valence electrons. The van der Waals surface area contributed by atoms with Crippen molar-refractivity contribution in [3.05, 3.63) is 175 Å². The van der Waals surface area contributed by atoms with Crippen LogP contribution in [0.5, 0.6) is 46.0 Å². The van der Waals surface area contributed by atoms with Gasteiger partial charge < -0.3 is 63.9 Å². The predicted octanol–water partition coefficient (Wildman–Crippen LogP) is 21.4. The number of aromatic carboxylic acids is 1. The second-order valence-corrected chi connectivity index (χ2v) is 26.6. The quantitative estimate of drug-likeness (QED) is 0.0266. The fourth-order valence-electron chi connectivity index (χ4n) is 9.80. The molecule has 4 N–H and O–H groups in total. The molecular formula is C66H43Br2ClF26N4O14S2. The zero-order chi connectivity index (χ0) is 86.3. The molecule has 3 aliphatic rings. The van der Waals surface area contributed by atoms with Crippen LogP contribution in [0, 0.1) is 11.6 Å². The standard InChI is InChI=1S/C29H19BrF12N2O5S.C21H17BrF10N2O2S.C8H3ClF2O3.C8H4F2O4/c1-50-9-3-8-44(24(46)13-6-7-18-19(10-13)49-29(41,42)48-18)17-5-2-4-15(21(17)31)23(45)43-22-16(30)11-14(12-20(22)47-25(32)33)26(34,27(35,36)37)28(38,39)40;1-37-7-3-6-33-13-5-2-4-11(15(13)23)17(35)34-16-12(22)8-10(9-14(16)36-18(24)25)19(26,20(27,28)29)21(30,31)32;9-7(12)4-1-2-5-6(3-4)14-8(10,11)13-5;9-8(10)13-5-2-1-4(7(11)12)3-6(5)14-8/h2,4-7,10-12,25H,3,8-9H2,1H3,(H,43,45);2,4-5,8-9,18,33H,3,6-7H2,1H3,(H,34,35);1-3H;1-3H,(H,11,12). The van der Waals surface area contributed by atoms with Gasteiger partial charge in [0.05, 0.1) is 39.4 Å². The second-order valence-electron chi connectivity index (χ2n) is 22.6. The number of hydrogen-bond acceptors (Lipinski definition) is 16. The number of carboxylic acids is 1. The molecule has 49 heteroatoms. The summed E-state index contributed by atoms with van der Waals surface area (Å²) in [7, 11) is 0. The summed E-state index contributed by atoms with van der Waals surface area (Å²) in [6.07, 6.45) is -33.3. The molecule has 3 heterocycles. The van der Waals surface area contributed by atoms with Crippen LogP contribution in [0.1, 0.15) is 75.8 Å². The van der Waals surface area contributed by atoms with Crippen molar-refractivity contribution >= 4 is 119 Å². The number of benzene rings is 7. The maximum atomic E-state index is 16.0. The molecule has 115 heavy (non-hydrogen) atoms. The highest BCUT2D eigenvalue weighted by Gasteiger charge is 2.75. The number of amides is 3. The van der Waals surface area contributed by atoms with Gasteiger partial charge in [0.2, 0.25) is 0 Å².